The maximum atomic E-state index is 11.0. The van der Waals surface area contributed by atoms with E-state index in [-0.39, 0.29) is 5.41 Å². The van der Waals surface area contributed by atoms with Crippen LogP contribution in [0, 0.1) is 6.92 Å². The largest absolute Gasteiger partial charge is 0.478 e. The van der Waals surface area contributed by atoms with Crippen molar-refractivity contribution < 1.29 is 9.90 Å². The van der Waals surface area contributed by atoms with E-state index in [1.807, 2.05) is 18.2 Å². The van der Waals surface area contributed by atoms with E-state index in [0.29, 0.717) is 5.56 Å². The zero-order valence-corrected chi connectivity index (χ0v) is 17.7. The van der Waals surface area contributed by atoms with Gasteiger partial charge in [0.15, 0.2) is 0 Å². The molecule has 152 valence electrons. The minimum absolute atomic E-state index is 0.144. The highest BCUT2D eigenvalue weighted by atomic mass is 16.4. The summed E-state index contributed by atoms with van der Waals surface area (Å²) in [7, 11) is 0. The zero-order valence-electron chi connectivity index (χ0n) is 17.7. The first-order valence-corrected chi connectivity index (χ1v) is 10.3. The standard InChI is InChI=1S/C27H27NO2/c1-19-4-13-23(14-5-19)28-17-16-27(2,3)24-15-10-21(18-25(24)28)7-6-20-8-11-22(12-9-20)26(29)30/h4-15,18H,16-17H2,1-3H3,(H,29,30)/b7-6+. The van der Waals surface area contributed by atoms with Gasteiger partial charge in [0.2, 0.25) is 0 Å². The number of benzene rings is 3. The van der Waals surface area contributed by atoms with Crippen LogP contribution in [0.5, 0.6) is 0 Å². The number of carboxylic acids is 1. The van der Waals surface area contributed by atoms with E-state index in [4.69, 9.17) is 5.11 Å². The van der Waals surface area contributed by atoms with Crippen molar-refractivity contribution >= 4 is 29.5 Å². The fourth-order valence-electron chi connectivity index (χ4n) is 4.02. The Morgan fingerprint density at radius 2 is 1.57 bits per heavy atom. The van der Waals surface area contributed by atoms with Gasteiger partial charge in [0.1, 0.15) is 0 Å². The van der Waals surface area contributed by atoms with E-state index in [9.17, 15) is 4.79 Å². The summed E-state index contributed by atoms with van der Waals surface area (Å²) in [5.74, 6) is -0.904. The predicted octanol–water partition coefficient (Wildman–Crippen LogP) is 6.68. The van der Waals surface area contributed by atoms with Gasteiger partial charge in [-0.1, -0.05) is 68.0 Å². The second-order valence-corrected chi connectivity index (χ2v) is 8.66. The van der Waals surface area contributed by atoms with Gasteiger partial charge >= 0.3 is 5.97 Å². The summed E-state index contributed by atoms with van der Waals surface area (Å²) >= 11 is 0. The molecule has 0 saturated carbocycles. The second kappa shape index (κ2) is 7.83. The van der Waals surface area contributed by atoms with E-state index in [1.54, 1.807) is 12.1 Å². The number of aromatic carboxylic acids is 1. The maximum absolute atomic E-state index is 11.0. The minimum Gasteiger partial charge on any atom is -0.478 e. The molecule has 0 amide bonds. The molecule has 3 aromatic carbocycles. The normalized spacial score (nSPS) is 15.2. The van der Waals surface area contributed by atoms with Crippen LogP contribution in [0.3, 0.4) is 0 Å². The smallest absolute Gasteiger partial charge is 0.335 e. The highest BCUT2D eigenvalue weighted by molar-refractivity contribution is 5.88. The van der Waals surface area contributed by atoms with Crippen LogP contribution in [0.15, 0.2) is 66.7 Å². The molecule has 0 saturated heterocycles. The molecule has 0 aliphatic carbocycles. The van der Waals surface area contributed by atoms with Crippen molar-refractivity contribution in [3.8, 4) is 0 Å². The number of aryl methyl sites for hydroxylation is 1. The van der Waals surface area contributed by atoms with Gasteiger partial charge in [0.05, 0.1) is 5.56 Å². The van der Waals surface area contributed by atoms with Crippen molar-refractivity contribution in [3.05, 3.63) is 94.5 Å². The van der Waals surface area contributed by atoms with Crippen LogP contribution in [-0.4, -0.2) is 17.6 Å². The Kier molecular flexibility index (Phi) is 5.21. The predicted molar refractivity (Wildman–Crippen MR) is 125 cm³/mol. The van der Waals surface area contributed by atoms with Crippen molar-refractivity contribution in [2.24, 2.45) is 0 Å². The quantitative estimate of drug-likeness (QED) is 0.499. The van der Waals surface area contributed by atoms with Gasteiger partial charge in [-0.3, -0.25) is 0 Å². The van der Waals surface area contributed by atoms with E-state index in [1.165, 1.54) is 22.5 Å². The fraction of sp³-hybridized carbons (Fsp3) is 0.222. The lowest BCUT2D eigenvalue weighted by Gasteiger charge is -2.40. The Morgan fingerprint density at radius 3 is 2.23 bits per heavy atom. The molecule has 1 heterocycles. The molecule has 1 aliphatic rings. The zero-order chi connectivity index (χ0) is 21.3. The summed E-state index contributed by atoms with van der Waals surface area (Å²) < 4.78 is 0. The highest BCUT2D eigenvalue weighted by Gasteiger charge is 2.31. The van der Waals surface area contributed by atoms with Gasteiger partial charge in [-0.25, -0.2) is 4.79 Å². The van der Waals surface area contributed by atoms with Crippen molar-refractivity contribution in [3.63, 3.8) is 0 Å². The average molecular weight is 398 g/mol. The molecule has 4 rings (SSSR count). The van der Waals surface area contributed by atoms with Crippen LogP contribution in [0.1, 0.15) is 52.9 Å². The van der Waals surface area contributed by atoms with E-state index in [2.05, 4.69) is 74.2 Å². The molecule has 1 N–H and O–H groups in total. The van der Waals surface area contributed by atoms with Gasteiger partial charge < -0.3 is 10.0 Å². The Bertz CT molecular complexity index is 1090. The Labute approximate surface area is 178 Å². The molecular formula is C27H27NO2. The molecule has 1 aliphatic heterocycles. The number of hydrogen-bond donors (Lipinski definition) is 1. The number of rotatable bonds is 4. The molecule has 0 fully saturated rings. The lowest BCUT2D eigenvalue weighted by atomic mass is 9.77. The number of carboxylic acid groups (broad SMARTS) is 1. The number of fused-ring (bicyclic) bond motifs is 1. The average Bonchev–Trinajstić information content (AvgIpc) is 2.73. The molecule has 0 aromatic heterocycles. The van der Waals surface area contributed by atoms with E-state index in [0.717, 1.165) is 24.1 Å². The van der Waals surface area contributed by atoms with Gasteiger partial charge in [-0.05, 0) is 65.8 Å². The SMILES string of the molecule is Cc1ccc(N2CCC(C)(C)c3ccc(/C=C/c4ccc(C(=O)O)cc4)cc32)cc1. The Balaban J connectivity index is 1.67. The first kappa shape index (κ1) is 20.0. The first-order valence-electron chi connectivity index (χ1n) is 10.3. The summed E-state index contributed by atoms with van der Waals surface area (Å²) in [6, 6.07) is 22.3. The molecule has 0 radical (unpaired) electrons. The Hall–Kier alpha value is -3.33. The maximum Gasteiger partial charge on any atom is 0.335 e. The van der Waals surface area contributed by atoms with E-state index >= 15 is 0 Å². The van der Waals surface area contributed by atoms with Crippen molar-refractivity contribution in [2.75, 3.05) is 11.4 Å². The molecule has 3 heteroatoms. The highest BCUT2D eigenvalue weighted by Crippen LogP contribution is 2.43. The van der Waals surface area contributed by atoms with Crippen molar-refractivity contribution in [1.82, 2.24) is 0 Å². The molecule has 0 bridgehead atoms. The van der Waals surface area contributed by atoms with Gasteiger partial charge in [0.25, 0.3) is 0 Å². The van der Waals surface area contributed by atoms with Crippen LogP contribution in [-0.2, 0) is 5.41 Å². The number of hydrogen-bond acceptors (Lipinski definition) is 2. The van der Waals surface area contributed by atoms with Gasteiger partial charge in [-0.15, -0.1) is 0 Å². The molecule has 0 atom stereocenters. The molecule has 3 nitrogen and oxygen atoms in total. The van der Waals surface area contributed by atoms with Crippen LogP contribution >= 0.6 is 0 Å². The number of anilines is 2. The van der Waals surface area contributed by atoms with E-state index < -0.39 is 5.97 Å². The first-order chi connectivity index (χ1) is 14.3. The molecule has 30 heavy (non-hydrogen) atoms. The third-order valence-corrected chi connectivity index (χ3v) is 5.97. The fourth-order valence-corrected chi connectivity index (χ4v) is 4.02. The summed E-state index contributed by atoms with van der Waals surface area (Å²) in [5.41, 5.74) is 7.68. The lowest BCUT2D eigenvalue weighted by molar-refractivity contribution is 0.0697. The van der Waals surface area contributed by atoms with Crippen LogP contribution in [0.4, 0.5) is 11.4 Å². The van der Waals surface area contributed by atoms with Crippen LogP contribution in [0.25, 0.3) is 12.2 Å². The van der Waals surface area contributed by atoms with Gasteiger partial charge in [-0.2, -0.15) is 0 Å². The van der Waals surface area contributed by atoms with Crippen molar-refractivity contribution in [1.29, 1.82) is 0 Å². The summed E-state index contributed by atoms with van der Waals surface area (Å²) in [5, 5.41) is 9.05. The van der Waals surface area contributed by atoms with Crippen LogP contribution in [0.2, 0.25) is 0 Å². The third-order valence-electron chi connectivity index (χ3n) is 5.97. The third kappa shape index (κ3) is 4.02. The van der Waals surface area contributed by atoms with Crippen LogP contribution < -0.4 is 4.90 Å². The monoisotopic (exact) mass is 397 g/mol. The topological polar surface area (TPSA) is 40.5 Å². The molecule has 0 unspecified atom stereocenters. The lowest BCUT2D eigenvalue weighted by Crippen LogP contribution is -2.34. The summed E-state index contributed by atoms with van der Waals surface area (Å²) in [6.07, 6.45) is 5.22. The molecule has 0 spiro atoms. The van der Waals surface area contributed by atoms with Crippen molar-refractivity contribution in [2.45, 2.75) is 32.6 Å². The summed E-state index contributed by atoms with van der Waals surface area (Å²) in [4.78, 5) is 13.4. The number of nitrogens with zero attached hydrogens (tertiary/aromatic N) is 1. The van der Waals surface area contributed by atoms with Gasteiger partial charge in [0, 0.05) is 17.9 Å². The minimum atomic E-state index is -0.904. The number of carbonyl (C=O) groups is 1. The second-order valence-electron chi connectivity index (χ2n) is 8.66. The molecular weight excluding hydrogens is 370 g/mol. The summed E-state index contributed by atoms with van der Waals surface area (Å²) in [6.45, 7) is 7.74. The Morgan fingerprint density at radius 1 is 0.933 bits per heavy atom. The molecule has 3 aromatic rings.